The molecule has 0 saturated heterocycles. The molecule has 0 amide bonds. The summed E-state index contributed by atoms with van der Waals surface area (Å²) in [7, 11) is 1.49. The zero-order valence-corrected chi connectivity index (χ0v) is 11.9. The summed E-state index contributed by atoms with van der Waals surface area (Å²) in [5.74, 6) is -0.891. The van der Waals surface area contributed by atoms with E-state index in [1.165, 1.54) is 43.6 Å². The van der Waals surface area contributed by atoms with Gasteiger partial charge in [0.15, 0.2) is 5.82 Å². The molecular weight excluding hydrogens is 292 g/mol. The molecule has 5 nitrogen and oxygen atoms in total. The van der Waals surface area contributed by atoms with Crippen LogP contribution in [-0.4, -0.2) is 24.7 Å². The summed E-state index contributed by atoms with van der Waals surface area (Å²) in [6, 6.07) is 6.82. The third kappa shape index (κ3) is 4.15. The molecule has 0 bridgehead atoms. The van der Waals surface area contributed by atoms with E-state index in [2.05, 4.69) is 9.98 Å². The van der Waals surface area contributed by atoms with Crippen LogP contribution in [0.1, 0.15) is 5.56 Å². The first-order chi connectivity index (χ1) is 10.6. The summed E-state index contributed by atoms with van der Waals surface area (Å²) in [5, 5.41) is 0. The molecule has 1 aromatic carbocycles. The molecular formula is C15H15F2N3O2. The van der Waals surface area contributed by atoms with E-state index in [0.717, 1.165) is 0 Å². The van der Waals surface area contributed by atoms with Crippen LogP contribution in [-0.2, 0) is 11.2 Å². The van der Waals surface area contributed by atoms with Gasteiger partial charge in [0.05, 0.1) is 6.61 Å². The van der Waals surface area contributed by atoms with Gasteiger partial charge < -0.3 is 15.2 Å². The highest BCUT2D eigenvalue weighted by Gasteiger charge is 2.09. The molecule has 2 N–H and O–H groups in total. The van der Waals surface area contributed by atoms with Crippen molar-refractivity contribution in [3.8, 4) is 11.6 Å². The highest BCUT2D eigenvalue weighted by molar-refractivity contribution is 5.71. The second-order valence-electron chi connectivity index (χ2n) is 4.31. The van der Waals surface area contributed by atoms with Crippen LogP contribution in [0.2, 0.25) is 0 Å². The van der Waals surface area contributed by atoms with Crippen molar-refractivity contribution in [2.75, 3.05) is 13.7 Å². The number of benzene rings is 1. The molecule has 1 heterocycles. The summed E-state index contributed by atoms with van der Waals surface area (Å²) in [5.41, 5.74) is 5.74. The molecule has 2 aromatic rings. The predicted molar refractivity (Wildman–Crippen MR) is 77.9 cm³/mol. The van der Waals surface area contributed by atoms with E-state index in [1.807, 2.05) is 0 Å². The zero-order chi connectivity index (χ0) is 15.9. The average Bonchev–Trinajstić information content (AvgIpc) is 2.52. The molecule has 1 aromatic heterocycles. The molecule has 0 saturated carbocycles. The molecule has 0 unspecified atom stereocenters. The first-order valence-corrected chi connectivity index (χ1v) is 6.52. The van der Waals surface area contributed by atoms with Gasteiger partial charge in [0, 0.05) is 19.7 Å². The summed E-state index contributed by atoms with van der Waals surface area (Å²) in [6.45, 7) is 0.168. The number of nitrogens with zero attached hydrogens (tertiary/aromatic N) is 2. The van der Waals surface area contributed by atoms with Crippen molar-refractivity contribution >= 4 is 6.02 Å². The maximum atomic E-state index is 13.7. The van der Waals surface area contributed by atoms with E-state index >= 15 is 0 Å². The number of hydrogen-bond acceptors (Lipinski definition) is 4. The lowest BCUT2D eigenvalue weighted by atomic mass is 10.1. The maximum absolute atomic E-state index is 13.7. The van der Waals surface area contributed by atoms with Crippen molar-refractivity contribution in [3.63, 3.8) is 0 Å². The lowest BCUT2D eigenvalue weighted by Gasteiger charge is -2.09. The van der Waals surface area contributed by atoms with Crippen molar-refractivity contribution in [2.45, 2.75) is 6.42 Å². The normalized spacial score (nSPS) is 11.3. The minimum atomic E-state index is -0.594. The lowest BCUT2D eigenvalue weighted by molar-refractivity contribution is 0.301. The summed E-state index contributed by atoms with van der Waals surface area (Å²) >= 11 is 0. The van der Waals surface area contributed by atoms with Crippen molar-refractivity contribution in [2.24, 2.45) is 10.7 Å². The number of nitrogens with two attached hydrogens (primary N) is 1. The largest absolute Gasteiger partial charge is 0.465 e. The fraction of sp³-hybridized carbons (Fsp3) is 0.200. The fourth-order valence-corrected chi connectivity index (χ4v) is 1.69. The molecule has 7 heteroatoms. The van der Waals surface area contributed by atoms with Gasteiger partial charge in [0.25, 0.3) is 11.9 Å². The minimum Gasteiger partial charge on any atom is -0.465 e. The highest BCUT2D eigenvalue weighted by atomic mass is 19.1. The van der Waals surface area contributed by atoms with Crippen LogP contribution in [0.5, 0.6) is 11.6 Å². The summed E-state index contributed by atoms with van der Waals surface area (Å²) < 4.78 is 37.6. The maximum Gasteiger partial charge on any atom is 0.281 e. The van der Waals surface area contributed by atoms with E-state index < -0.39 is 11.6 Å². The molecule has 116 valence electrons. The van der Waals surface area contributed by atoms with Crippen molar-refractivity contribution < 1.29 is 18.3 Å². The van der Waals surface area contributed by atoms with Gasteiger partial charge in [0.2, 0.25) is 0 Å². The molecule has 0 aliphatic heterocycles. The van der Waals surface area contributed by atoms with E-state index in [4.69, 9.17) is 15.2 Å². The second kappa shape index (κ2) is 7.35. The first-order valence-electron chi connectivity index (χ1n) is 6.52. The molecule has 0 fully saturated rings. The van der Waals surface area contributed by atoms with Gasteiger partial charge in [-0.2, -0.15) is 0 Å². The van der Waals surface area contributed by atoms with Crippen LogP contribution in [0.4, 0.5) is 8.78 Å². The van der Waals surface area contributed by atoms with Crippen LogP contribution in [0.3, 0.4) is 0 Å². The Kier molecular flexibility index (Phi) is 5.24. The molecule has 0 aliphatic rings. The van der Waals surface area contributed by atoms with Gasteiger partial charge >= 0.3 is 0 Å². The second-order valence-corrected chi connectivity index (χ2v) is 4.31. The Morgan fingerprint density at radius 3 is 2.82 bits per heavy atom. The number of amidine groups is 1. The molecule has 0 spiro atoms. The third-order valence-electron chi connectivity index (χ3n) is 2.80. The summed E-state index contributed by atoms with van der Waals surface area (Å²) in [4.78, 5) is 7.40. The number of ether oxygens (including phenoxy) is 2. The quantitative estimate of drug-likeness (QED) is 0.681. The topological polar surface area (TPSA) is 69.7 Å². The van der Waals surface area contributed by atoms with Crippen molar-refractivity contribution in [3.05, 3.63) is 53.7 Å². The monoisotopic (exact) mass is 307 g/mol. The van der Waals surface area contributed by atoms with Gasteiger partial charge in [-0.1, -0.05) is 0 Å². The van der Waals surface area contributed by atoms with Gasteiger partial charge in [0.1, 0.15) is 11.6 Å². The Bertz CT molecular complexity index is 678. The number of pyridine rings is 1. The van der Waals surface area contributed by atoms with E-state index in [0.29, 0.717) is 5.56 Å². The summed E-state index contributed by atoms with van der Waals surface area (Å²) in [6.07, 6.45) is 1.67. The Balaban J connectivity index is 2.08. The smallest absolute Gasteiger partial charge is 0.281 e. The lowest BCUT2D eigenvalue weighted by Crippen LogP contribution is -2.17. The molecule has 2 rings (SSSR count). The van der Waals surface area contributed by atoms with Crippen molar-refractivity contribution in [1.82, 2.24) is 4.98 Å². The van der Waals surface area contributed by atoms with E-state index in [9.17, 15) is 8.78 Å². The van der Waals surface area contributed by atoms with Crippen LogP contribution >= 0.6 is 0 Å². The van der Waals surface area contributed by atoms with Gasteiger partial charge in [-0.25, -0.2) is 18.8 Å². The Morgan fingerprint density at radius 2 is 2.09 bits per heavy atom. The van der Waals surface area contributed by atoms with Gasteiger partial charge in [-0.3, -0.25) is 0 Å². The predicted octanol–water partition coefficient (Wildman–Crippen LogP) is 2.66. The van der Waals surface area contributed by atoms with Crippen molar-refractivity contribution in [1.29, 1.82) is 0 Å². The van der Waals surface area contributed by atoms with Gasteiger partial charge in [-0.15, -0.1) is 0 Å². The van der Waals surface area contributed by atoms with E-state index in [-0.39, 0.29) is 30.7 Å². The minimum absolute atomic E-state index is 0.0309. The van der Waals surface area contributed by atoms with Crippen LogP contribution in [0, 0.1) is 11.6 Å². The SMILES string of the molecule is CN=C(N)OCCc1cc(Oc2ncccc2F)ccc1F. The Labute approximate surface area is 126 Å². The van der Waals surface area contributed by atoms with Crippen LogP contribution in [0.15, 0.2) is 41.5 Å². The number of aliphatic imine (C=N–C) groups is 1. The fourth-order valence-electron chi connectivity index (χ4n) is 1.69. The van der Waals surface area contributed by atoms with Crippen LogP contribution in [0.25, 0.3) is 0 Å². The Morgan fingerprint density at radius 1 is 1.27 bits per heavy atom. The zero-order valence-electron chi connectivity index (χ0n) is 11.9. The number of hydrogen-bond donors (Lipinski definition) is 1. The number of rotatable bonds is 5. The molecule has 0 radical (unpaired) electrons. The number of halogens is 2. The molecule has 0 aliphatic carbocycles. The third-order valence-corrected chi connectivity index (χ3v) is 2.80. The molecule has 0 atom stereocenters. The molecule has 22 heavy (non-hydrogen) atoms. The van der Waals surface area contributed by atoms with Gasteiger partial charge in [-0.05, 0) is 35.9 Å². The van der Waals surface area contributed by atoms with E-state index in [1.54, 1.807) is 0 Å². The highest BCUT2D eigenvalue weighted by Crippen LogP contribution is 2.24. The van der Waals surface area contributed by atoms with Crippen LogP contribution < -0.4 is 10.5 Å². The average molecular weight is 307 g/mol. The Hall–Kier alpha value is -2.70. The first kappa shape index (κ1) is 15.7. The number of aromatic nitrogens is 1. The standard InChI is InChI=1S/C15H15F2N3O2/c1-19-15(18)21-8-6-10-9-11(4-5-12(10)16)22-14-13(17)3-2-7-20-14/h2-5,7,9H,6,8H2,1H3,(H2,18,19).